The van der Waals surface area contributed by atoms with Gasteiger partial charge in [-0.25, -0.2) is 0 Å². The summed E-state index contributed by atoms with van der Waals surface area (Å²) in [7, 11) is 1.65. The first-order valence-corrected chi connectivity index (χ1v) is 6.74. The first-order chi connectivity index (χ1) is 9.61. The fourth-order valence-electron chi connectivity index (χ4n) is 1.94. The number of aromatic nitrogens is 4. The van der Waals surface area contributed by atoms with Crippen molar-refractivity contribution < 1.29 is 4.74 Å². The SMILES string of the molecule is COc1ccc(C)cc1-n1nnnc1CNCC(C)C. The van der Waals surface area contributed by atoms with E-state index in [2.05, 4.69) is 34.7 Å². The summed E-state index contributed by atoms with van der Waals surface area (Å²) in [5.41, 5.74) is 2.00. The number of rotatable bonds is 6. The zero-order chi connectivity index (χ0) is 14.5. The highest BCUT2D eigenvalue weighted by Crippen LogP contribution is 2.23. The van der Waals surface area contributed by atoms with E-state index in [9.17, 15) is 0 Å². The van der Waals surface area contributed by atoms with Gasteiger partial charge in [-0.05, 0) is 47.5 Å². The molecule has 1 aromatic heterocycles. The molecule has 0 bridgehead atoms. The molecule has 0 radical (unpaired) electrons. The number of nitrogens with one attached hydrogen (secondary N) is 1. The summed E-state index contributed by atoms with van der Waals surface area (Å²) in [6.45, 7) is 7.92. The Hall–Kier alpha value is -1.95. The standard InChI is InChI=1S/C14H21N5O/c1-10(2)8-15-9-14-16-17-18-19(14)12-7-11(3)5-6-13(12)20-4/h5-7,10,15H,8-9H2,1-4H3. The van der Waals surface area contributed by atoms with Crippen molar-refractivity contribution in [1.29, 1.82) is 0 Å². The van der Waals surface area contributed by atoms with Crippen LogP contribution in [-0.4, -0.2) is 33.9 Å². The van der Waals surface area contributed by atoms with E-state index in [0.717, 1.165) is 29.4 Å². The van der Waals surface area contributed by atoms with Crippen molar-refractivity contribution in [2.24, 2.45) is 5.92 Å². The Balaban J connectivity index is 2.25. The molecule has 108 valence electrons. The van der Waals surface area contributed by atoms with Crippen LogP contribution in [0.1, 0.15) is 25.2 Å². The molecule has 0 aliphatic heterocycles. The van der Waals surface area contributed by atoms with E-state index < -0.39 is 0 Å². The fraction of sp³-hybridized carbons (Fsp3) is 0.500. The lowest BCUT2D eigenvalue weighted by Gasteiger charge is -2.11. The van der Waals surface area contributed by atoms with E-state index in [-0.39, 0.29) is 0 Å². The van der Waals surface area contributed by atoms with Gasteiger partial charge in [-0.15, -0.1) is 5.10 Å². The fourth-order valence-corrected chi connectivity index (χ4v) is 1.94. The second kappa shape index (κ2) is 6.47. The molecule has 0 saturated heterocycles. The minimum atomic E-state index is 0.591. The number of benzene rings is 1. The zero-order valence-electron chi connectivity index (χ0n) is 12.4. The van der Waals surface area contributed by atoms with Gasteiger partial charge in [0.1, 0.15) is 11.4 Å². The van der Waals surface area contributed by atoms with Crippen molar-refractivity contribution in [3.05, 3.63) is 29.6 Å². The summed E-state index contributed by atoms with van der Waals surface area (Å²) >= 11 is 0. The molecule has 1 heterocycles. The number of hydrogen-bond acceptors (Lipinski definition) is 5. The maximum atomic E-state index is 5.39. The average Bonchev–Trinajstić information content (AvgIpc) is 2.86. The molecule has 0 aliphatic rings. The molecule has 0 spiro atoms. The van der Waals surface area contributed by atoms with E-state index in [1.165, 1.54) is 0 Å². The third-order valence-electron chi connectivity index (χ3n) is 2.93. The predicted octanol–water partition coefficient (Wildman–Crippen LogP) is 1.72. The van der Waals surface area contributed by atoms with Gasteiger partial charge in [0.15, 0.2) is 5.82 Å². The monoisotopic (exact) mass is 275 g/mol. The first-order valence-electron chi connectivity index (χ1n) is 6.74. The highest BCUT2D eigenvalue weighted by molar-refractivity contribution is 5.48. The highest BCUT2D eigenvalue weighted by Gasteiger charge is 2.12. The smallest absolute Gasteiger partial charge is 0.170 e. The maximum Gasteiger partial charge on any atom is 0.170 e. The van der Waals surface area contributed by atoms with Crippen molar-refractivity contribution in [2.45, 2.75) is 27.3 Å². The second-order valence-electron chi connectivity index (χ2n) is 5.21. The van der Waals surface area contributed by atoms with Crippen LogP contribution in [0.3, 0.4) is 0 Å². The zero-order valence-corrected chi connectivity index (χ0v) is 12.4. The molecule has 0 atom stereocenters. The molecule has 6 heteroatoms. The molecule has 0 amide bonds. The van der Waals surface area contributed by atoms with Gasteiger partial charge in [-0.2, -0.15) is 4.68 Å². The van der Waals surface area contributed by atoms with Gasteiger partial charge in [-0.1, -0.05) is 19.9 Å². The normalized spacial score (nSPS) is 11.1. The third kappa shape index (κ3) is 3.33. The number of hydrogen-bond donors (Lipinski definition) is 1. The summed E-state index contributed by atoms with van der Waals surface area (Å²) in [6, 6.07) is 5.95. The summed E-state index contributed by atoms with van der Waals surface area (Å²) in [5.74, 6) is 2.12. The highest BCUT2D eigenvalue weighted by atomic mass is 16.5. The molecular formula is C14H21N5O. The third-order valence-corrected chi connectivity index (χ3v) is 2.93. The van der Waals surface area contributed by atoms with E-state index in [1.54, 1.807) is 11.8 Å². The van der Waals surface area contributed by atoms with Gasteiger partial charge >= 0.3 is 0 Å². The van der Waals surface area contributed by atoms with Crippen LogP contribution in [0.15, 0.2) is 18.2 Å². The topological polar surface area (TPSA) is 64.9 Å². The van der Waals surface area contributed by atoms with E-state index in [0.29, 0.717) is 12.5 Å². The van der Waals surface area contributed by atoms with Gasteiger partial charge in [0.2, 0.25) is 0 Å². The Morgan fingerprint density at radius 1 is 1.35 bits per heavy atom. The van der Waals surface area contributed by atoms with Crippen LogP contribution in [0, 0.1) is 12.8 Å². The van der Waals surface area contributed by atoms with Crippen LogP contribution in [-0.2, 0) is 6.54 Å². The molecule has 1 N–H and O–H groups in total. The average molecular weight is 275 g/mol. The first kappa shape index (κ1) is 14.5. The molecule has 0 aliphatic carbocycles. The van der Waals surface area contributed by atoms with Crippen molar-refractivity contribution in [2.75, 3.05) is 13.7 Å². The largest absolute Gasteiger partial charge is 0.494 e. The van der Waals surface area contributed by atoms with Gasteiger partial charge in [0, 0.05) is 0 Å². The van der Waals surface area contributed by atoms with Crippen LogP contribution >= 0.6 is 0 Å². The lowest BCUT2D eigenvalue weighted by atomic mass is 10.2. The number of nitrogens with zero attached hydrogens (tertiary/aromatic N) is 4. The van der Waals surface area contributed by atoms with E-state index >= 15 is 0 Å². The van der Waals surface area contributed by atoms with Gasteiger partial charge in [0.05, 0.1) is 13.7 Å². The van der Waals surface area contributed by atoms with Gasteiger partial charge in [-0.3, -0.25) is 0 Å². The molecule has 6 nitrogen and oxygen atoms in total. The molecule has 0 unspecified atom stereocenters. The number of tetrazole rings is 1. The summed E-state index contributed by atoms with van der Waals surface area (Å²) < 4.78 is 7.11. The number of ether oxygens (including phenoxy) is 1. The van der Waals surface area contributed by atoms with Crippen LogP contribution < -0.4 is 10.1 Å². The molecule has 0 saturated carbocycles. The van der Waals surface area contributed by atoms with E-state index in [4.69, 9.17) is 4.74 Å². The van der Waals surface area contributed by atoms with E-state index in [1.807, 2.05) is 25.1 Å². The minimum Gasteiger partial charge on any atom is -0.494 e. The lowest BCUT2D eigenvalue weighted by molar-refractivity contribution is 0.410. The van der Waals surface area contributed by atoms with Crippen molar-refractivity contribution in [3.63, 3.8) is 0 Å². The van der Waals surface area contributed by atoms with Crippen LogP contribution in [0.2, 0.25) is 0 Å². The molecular weight excluding hydrogens is 254 g/mol. The Labute approximate surface area is 119 Å². The second-order valence-corrected chi connectivity index (χ2v) is 5.21. The number of methoxy groups -OCH3 is 1. The lowest BCUT2D eigenvalue weighted by Crippen LogP contribution is -2.21. The molecule has 0 fully saturated rings. The number of aryl methyl sites for hydroxylation is 1. The Bertz CT molecular complexity index is 564. The Morgan fingerprint density at radius 2 is 2.15 bits per heavy atom. The van der Waals surface area contributed by atoms with Crippen molar-refractivity contribution in [1.82, 2.24) is 25.5 Å². The Kier molecular flexibility index (Phi) is 4.68. The van der Waals surface area contributed by atoms with Crippen LogP contribution in [0.4, 0.5) is 0 Å². The maximum absolute atomic E-state index is 5.39. The summed E-state index contributed by atoms with van der Waals surface area (Å²) in [5, 5.41) is 15.3. The van der Waals surface area contributed by atoms with Gasteiger partial charge < -0.3 is 10.1 Å². The minimum absolute atomic E-state index is 0.591. The summed E-state index contributed by atoms with van der Waals surface area (Å²) in [4.78, 5) is 0. The molecule has 20 heavy (non-hydrogen) atoms. The molecule has 2 rings (SSSR count). The quantitative estimate of drug-likeness (QED) is 0.869. The van der Waals surface area contributed by atoms with Gasteiger partial charge in [0.25, 0.3) is 0 Å². The van der Waals surface area contributed by atoms with Crippen molar-refractivity contribution >= 4 is 0 Å². The predicted molar refractivity (Wildman–Crippen MR) is 77.0 cm³/mol. The molecule has 2 aromatic rings. The van der Waals surface area contributed by atoms with Crippen LogP contribution in [0.25, 0.3) is 5.69 Å². The van der Waals surface area contributed by atoms with Crippen LogP contribution in [0.5, 0.6) is 5.75 Å². The van der Waals surface area contributed by atoms with Crippen molar-refractivity contribution in [3.8, 4) is 11.4 Å². The Morgan fingerprint density at radius 3 is 2.85 bits per heavy atom. The molecule has 1 aromatic carbocycles. The summed E-state index contributed by atoms with van der Waals surface area (Å²) in [6.07, 6.45) is 0.